The van der Waals surface area contributed by atoms with Crippen molar-refractivity contribution in [2.75, 3.05) is 37.7 Å². The molecule has 1 amide bonds. The molecule has 0 aliphatic carbocycles. The SMILES string of the molecule is CCn1ccnc1C(=O)CNC(=O)C=CC=C(c1ccc(C(F)(F)F)cc1)c1ccc(N2CCOCC2)nc1. The van der Waals surface area contributed by atoms with E-state index in [1.54, 1.807) is 23.0 Å². The van der Waals surface area contributed by atoms with Crippen LogP contribution in [0.5, 0.6) is 0 Å². The standard InChI is InChI=1S/C28H28F3N5O3/c1-2-35-13-12-32-27(35)24(37)19-34-26(38)5-3-4-23(20-6-9-22(10-7-20)28(29,30)31)21-8-11-25(33-18-21)36-14-16-39-17-15-36/h3-13,18H,2,14-17,19H2,1H3,(H,34,38). The summed E-state index contributed by atoms with van der Waals surface area (Å²) in [6.07, 6.45) is 4.76. The highest BCUT2D eigenvalue weighted by Gasteiger charge is 2.30. The number of nitrogens with one attached hydrogen (secondary N) is 1. The molecular formula is C28H28F3N5O3. The Labute approximate surface area is 223 Å². The number of hydrogen-bond acceptors (Lipinski definition) is 6. The van der Waals surface area contributed by atoms with Crippen LogP contribution in [0.15, 0.2) is 73.2 Å². The Kier molecular flexibility index (Phi) is 8.92. The number of imidazole rings is 1. The molecule has 0 unspecified atom stereocenters. The van der Waals surface area contributed by atoms with Crippen molar-refractivity contribution in [1.29, 1.82) is 0 Å². The molecule has 204 valence electrons. The topological polar surface area (TPSA) is 89.4 Å². The van der Waals surface area contributed by atoms with Crippen molar-refractivity contribution >= 4 is 23.1 Å². The van der Waals surface area contributed by atoms with Crippen LogP contribution in [0.1, 0.15) is 34.2 Å². The number of nitrogens with zero attached hydrogens (tertiary/aromatic N) is 4. The van der Waals surface area contributed by atoms with Gasteiger partial charge in [-0.15, -0.1) is 0 Å². The van der Waals surface area contributed by atoms with Crippen molar-refractivity contribution in [2.24, 2.45) is 0 Å². The first kappa shape index (κ1) is 27.8. The summed E-state index contributed by atoms with van der Waals surface area (Å²) in [6, 6.07) is 8.48. The maximum atomic E-state index is 13.1. The molecular weight excluding hydrogens is 511 g/mol. The van der Waals surface area contributed by atoms with E-state index in [1.807, 2.05) is 19.1 Å². The van der Waals surface area contributed by atoms with E-state index in [0.29, 0.717) is 49.5 Å². The number of morpholine rings is 1. The minimum Gasteiger partial charge on any atom is -0.378 e. The van der Waals surface area contributed by atoms with Gasteiger partial charge in [-0.3, -0.25) is 9.59 Å². The minimum atomic E-state index is -4.45. The minimum absolute atomic E-state index is 0.220. The molecule has 0 spiro atoms. The van der Waals surface area contributed by atoms with E-state index >= 15 is 0 Å². The van der Waals surface area contributed by atoms with Crippen LogP contribution in [0.3, 0.4) is 0 Å². The third-order valence-electron chi connectivity index (χ3n) is 6.16. The zero-order chi connectivity index (χ0) is 27.8. The average Bonchev–Trinajstić information content (AvgIpc) is 3.44. The molecule has 8 nitrogen and oxygen atoms in total. The maximum absolute atomic E-state index is 13.1. The highest BCUT2D eigenvalue weighted by Crippen LogP contribution is 2.31. The monoisotopic (exact) mass is 539 g/mol. The van der Waals surface area contributed by atoms with Crippen molar-refractivity contribution in [1.82, 2.24) is 19.9 Å². The molecule has 3 aromatic rings. The van der Waals surface area contributed by atoms with E-state index in [4.69, 9.17) is 4.74 Å². The van der Waals surface area contributed by atoms with Crippen LogP contribution in [-0.2, 0) is 22.3 Å². The quantitative estimate of drug-likeness (QED) is 0.250. The number of carbonyl (C=O) groups excluding carboxylic acids is 2. The van der Waals surface area contributed by atoms with Gasteiger partial charge < -0.3 is 19.5 Å². The van der Waals surface area contributed by atoms with Crippen LogP contribution in [0.2, 0.25) is 0 Å². The zero-order valence-electron chi connectivity index (χ0n) is 21.3. The first-order valence-corrected chi connectivity index (χ1v) is 12.4. The molecule has 1 aromatic carbocycles. The zero-order valence-corrected chi connectivity index (χ0v) is 21.3. The second-order valence-corrected chi connectivity index (χ2v) is 8.70. The average molecular weight is 540 g/mol. The Morgan fingerprint density at radius 3 is 2.41 bits per heavy atom. The molecule has 0 radical (unpaired) electrons. The molecule has 0 saturated carbocycles. The number of hydrogen-bond donors (Lipinski definition) is 1. The second-order valence-electron chi connectivity index (χ2n) is 8.70. The van der Waals surface area contributed by atoms with Gasteiger partial charge in [0.05, 0.1) is 25.3 Å². The van der Waals surface area contributed by atoms with E-state index in [2.05, 4.69) is 20.2 Å². The van der Waals surface area contributed by atoms with Gasteiger partial charge in [0.2, 0.25) is 11.7 Å². The number of ketones is 1. The molecule has 1 N–H and O–H groups in total. The second kappa shape index (κ2) is 12.5. The third-order valence-corrected chi connectivity index (χ3v) is 6.16. The van der Waals surface area contributed by atoms with Crippen LogP contribution in [-0.4, -0.2) is 59.1 Å². The number of aromatic nitrogens is 3. The maximum Gasteiger partial charge on any atom is 0.416 e. The van der Waals surface area contributed by atoms with Gasteiger partial charge in [0.25, 0.3) is 0 Å². The number of anilines is 1. The summed E-state index contributed by atoms with van der Waals surface area (Å²) >= 11 is 0. The summed E-state index contributed by atoms with van der Waals surface area (Å²) in [4.78, 5) is 35.3. The first-order valence-electron chi connectivity index (χ1n) is 12.4. The molecule has 11 heteroatoms. The molecule has 1 fully saturated rings. The summed E-state index contributed by atoms with van der Waals surface area (Å²) < 4.78 is 46.3. The Balaban J connectivity index is 1.52. The number of Topliss-reactive ketones (excluding diaryl/α,β-unsaturated/α-hetero) is 1. The molecule has 0 atom stereocenters. The predicted octanol–water partition coefficient (Wildman–Crippen LogP) is 4.14. The van der Waals surface area contributed by atoms with Gasteiger partial charge in [0.1, 0.15) is 5.82 Å². The van der Waals surface area contributed by atoms with Gasteiger partial charge in [-0.2, -0.15) is 13.2 Å². The van der Waals surface area contributed by atoms with Crippen LogP contribution in [0.25, 0.3) is 5.57 Å². The number of aryl methyl sites for hydroxylation is 1. The molecule has 1 aliphatic heterocycles. The fourth-order valence-electron chi connectivity index (χ4n) is 4.08. The summed E-state index contributed by atoms with van der Waals surface area (Å²) in [5.41, 5.74) is 1.01. The Morgan fingerprint density at radius 2 is 1.77 bits per heavy atom. The van der Waals surface area contributed by atoms with Crippen LogP contribution in [0, 0.1) is 0 Å². The van der Waals surface area contributed by atoms with Crippen molar-refractivity contribution in [3.8, 4) is 0 Å². The van der Waals surface area contributed by atoms with Gasteiger partial charge in [0, 0.05) is 49.9 Å². The van der Waals surface area contributed by atoms with Crippen LogP contribution < -0.4 is 10.2 Å². The number of ether oxygens (including phenoxy) is 1. The fourth-order valence-corrected chi connectivity index (χ4v) is 4.08. The Bertz CT molecular complexity index is 1340. The van der Waals surface area contributed by atoms with Gasteiger partial charge in [-0.25, -0.2) is 9.97 Å². The van der Waals surface area contributed by atoms with Crippen molar-refractivity contribution < 1.29 is 27.5 Å². The number of carbonyl (C=O) groups is 2. The lowest BCUT2D eigenvalue weighted by Gasteiger charge is -2.27. The number of benzene rings is 1. The van der Waals surface area contributed by atoms with Crippen LogP contribution in [0.4, 0.5) is 19.0 Å². The highest BCUT2D eigenvalue weighted by molar-refractivity contribution is 5.98. The van der Waals surface area contributed by atoms with E-state index in [0.717, 1.165) is 18.0 Å². The number of halogens is 3. The molecule has 1 aliphatic rings. The largest absolute Gasteiger partial charge is 0.416 e. The number of pyridine rings is 1. The van der Waals surface area contributed by atoms with Gasteiger partial charge in [-0.05, 0) is 42.3 Å². The molecule has 0 bridgehead atoms. The first-order chi connectivity index (χ1) is 18.8. The van der Waals surface area contributed by atoms with Gasteiger partial charge in [0.15, 0.2) is 5.82 Å². The van der Waals surface area contributed by atoms with E-state index < -0.39 is 17.6 Å². The number of allylic oxidation sites excluding steroid dienone is 2. The van der Waals surface area contributed by atoms with Gasteiger partial charge >= 0.3 is 6.18 Å². The molecule has 3 heterocycles. The van der Waals surface area contributed by atoms with Crippen molar-refractivity contribution in [3.05, 3.63) is 95.7 Å². The van der Waals surface area contributed by atoms with E-state index in [1.165, 1.54) is 30.5 Å². The fraction of sp³-hybridized carbons (Fsp3) is 0.286. The molecule has 2 aromatic heterocycles. The summed E-state index contributed by atoms with van der Waals surface area (Å²) in [5.74, 6) is 0.217. The lowest BCUT2D eigenvalue weighted by Crippen LogP contribution is -2.36. The van der Waals surface area contributed by atoms with Gasteiger partial charge in [-0.1, -0.05) is 24.3 Å². The summed E-state index contributed by atoms with van der Waals surface area (Å²) in [6.45, 7) is 4.90. The smallest absolute Gasteiger partial charge is 0.378 e. The van der Waals surface area contributed by atoms with E-state index in [-0.39, 0.29) is 18.2 Å². The Hall–Kier alpha value is -4.25. The lowest BCUT2D eigenvalue weighted by atomic mass is 9.97. The predicted molar refractivity (Wildman–Crippen MR) is 140 cm³/mol. The molecule has 39 heavy (non-hydrogen) atoms. The van der Waals surface area contributed by atoms with Crippen LogP contribution >= 0.6 is 0 Å². The van der Waals surface area contributed by atoms with Crippen molar-refractivity contribution in [3.63, 3.8) is 0 Å². The Morgan fingerprint density at radius 1 is 1.05 bits per heavy atom. The number of amides is 1. The van der Waals surface area contributed by atoms with E-state index in [9.17, 15) is 22.8 Å². The molecule has 4 rings (SSSR count). The number of alkyl halides is 3. The highest BCUT2D eigenvalue weighted by atomic mass is 19.4. The molecule has 1 saturated heterocycles. The summed E-state index contributed by atoms with van der Waals surface area (Å²) in [7, 11) is 0. The van der Waals surface area contributed by atoms with Crippen molar-refractivity contribution in [2.45, 2.75) is 19.6 Å². The third kappa shape index (κ3) is 7.20. The summed E-state index contributed by atoms with van der Waals surface area (Å²) in [5, 5.41) is 2.53. The lowest BCUT2D eigenvalue weighted by molar-refractivity contribution is -0.137. The normalized spacial score (nSPS) is 14.6. The number of rotatable bonds is 9.